The third-order valence-electron chi connectivity index (χ3n) is 4.11. The molecular formula is C18H19BrN2O. The number of hydrogen-bond acceptors (Lipinski definition) is 1. The van der Waals surface area contributed by atoms with Gasteiger partial charge in [0.1, 0.15) is 0 Å². The number of rotatable bonds is 4. The van der Waals surface area contributed by atoms with Crippen LogP contribution >= 0.6 is 15.9 Å². The molecule has 4 heteroatoms. The van der Waals surface area contributed by atoms with E-state index in [1.807, 2.05) is 12.1 Å². The van der Waals surface area contributed by atoms with Gasteiger partial charge < -0.3 is 10.3 Å². The van der Waals surface area contributed by atoms with E-state index in [1.165, 1.54) is 16.5 Å². The maximum atomic E-state index is 11.6. The van der Waals surface area contributed by atoms with Gasteiger partial charge in [0.2, 0.25) is 5.91 Å². The maximum absolute atomic E-state index is 11.6. The van der Waals surface area contributed by atoms with Gasteiger partial charge in [-0.25, -0.2) is 0 Å². The summed E-state index contributed by atoms with van der Waals surface area (Å²) >= 11 is 3.48. The van der Waals surface area contributed by atoms with Crippen molar-refractivity contribution in [2.24, 2.45) is 5.73 Å². The summed E-state index contributed by atoms with van der Waals surface area (Å²) in [4.78, 5) is 11.6. The highest BCUT2D eigenvalue weighted by Crippen LogP contribution is 2.33. The number of fused-ring (bicyclic) bond motifs is 3. The molecule has 0 unspecified atom stereocenters. The average Bonchev–Trinajstić information content (AvgIpc) is 2.76. The number of benzene rings is 2. The van der Waals surface area contributed by atoms with Crippen molar-refractivity contribution in [2.45, 2.75) is 33.2 Å². The fourth-order valence-electron chi connectivity index (χ4n) is 2.98. The summed E-state index contributed by atoms with van der Waals surface area (Å²) in [6, 6.07) is 10.4. The molecule has 0 saturated heterocycles. The molecule has 1 amide bonds. The second-order valence-electron chi connectivity index (χ2n) is 5.74. The molecule has 0 aliphatic rings. The molecule has 114 valence electrons. The molecule has 1 aromatic heterocycles. The molecule has 0 spiro atoms. The summed E-state index contributed by atoms with van der Waals surface area (Å²) < 4.78 is 3.09. The van der Waals surface area contributed by atoms with Crippen LogP contribution in [0.25, 0.3) is 21.8 Å². The van der Waals surface area contributed by atoms with Gasteiger partial charge in [-0.15, -0.1) is 0 Å². The Bertz CT molecular complexity index is 880. The first kappa shape index (κ1) is 15.1. The minimum absolute atomic E-state index is 0.407. The van der Waals surface area contributed by atoms with Crippen molar-refractivity contribution >= 4 is 43.6 Å². The van der Waals surface area contributed by atoms with E-state index in [0.717, 1.165) is 34.8 Å². The quantitative estimate of drug-likeness (QED) is 0.717. The van der Waals surface area contributed by atoms with Crippen molar-refractivity contribution in [1.29, 1.82) is 0 Å². The van der Waals surface area contributed by atoms with Crippen LogP contribution in [0, 0.1) is 6.92 Å². The van der Waals surface area contributed by atoms with Crippen LogP contribution in [0.3, 0.4) is 0 Å². The fourth-order valence-corrected chi connectivity index (χ4v) is 3.51. The Hall–Kier alpha value is -1.81. The zero-order chi connectivity index (χ0) is 15.9. The van der Waals surface area contributed by atoms with Gasteiger partial charge in [-0.2, -0.15) is 0 Å². The molecule has 0 fully saturated rings. The van der Waals surface area contributed by atoms with Crippen LogP contribution in [0.1, 0.15) is 35.7 Å². The second-order valence-corrected chi connectivity index (χ2v) is 6.59. The van der Waals surface area contributed by atoms with Crippen molar-refractivity contribution in [2.75, 3.05) is 0 Å². The molecule has 0 bridgehead atoms. The van der Waals surface area contributed by atoms with Crippen LogP contribution in [0.2, 0.25) is 0 Å². The first-order valence-corrected chi connectivity index (χ1v) is 8.34. The monoisotopic (exact) mass is 358 g/mol. The summed E-state index contributed by atoms with van der Waals surface area (Å²) in [5.41, 5.74) is 9.59. The van der Waals surface area contributed by atoms with E-state index in [2.05, 4.69) is 52.5 Å². The number of aromatic nitrogens is 1. The van der Waals surface area contributed by atoms with Gasteiger partial charge in [0, 0.05) is 27.3 Å². The van der Waals surface area contributed by atoms with E-state index in [-0.39, 0.29) is 0 Å². The largest absolute Gasteiger partial charge is 0.366 e. The Morgan fingerprint density at radius 3 is 2.59 bits per heavy atom. The van der Waals surface area contributed by atoms with Gasteiger partial charge in [-0.3, -0.25) is 4.79 Å². The number of nitrogens with zero attached hydrogens (tertiary/aromatic N) is 1. The molecule has 1 heterocycles. The molecule has 2 N–H and O–H groups in total. The van der Waals surface area contributed by atoms with Crippen molar-refractivity contribution in [3.05, 3.63) is 45.9 Å². The van der Waals surface area contributed by atoms with Crippen molar-refractivity contribution < 1.29 is 4.79 Å². The lowest BCUT2D eigenvalue weighted by Crippen LogP contribution is -2.11. The summed E-state index contributed by atoms with van der Waals surface area (Å²) in [7, 11) is 0. The Balaban J connectivity index is 2.40. The minimum Gasteiger partial charge on any atom is -0.366 e. The summed E-state index contributed by atoms with van der Waals surface area (Å²) in [6.07, 6.45) is 2.27. The summed E-state index contributed by atoms with van der Waals surface area (Å²) in [5, 5.41) is 2.27. The number of primary amides is 1. The predicted octanol–water partition coefficient (Wildman–Crippen LogP) is 4.76. The molecule has 0 saturated carbocycles. The topological polar surface area (TPSA) is 48.0 Å². The van der Waals surface area contributed by atoms with Crippen molar-refractivity contribution in [3.8, 4) is 0 Å². The number of nitrogens with two attached hydrogens (primary N) is 1. The van der Waals surface area contributed by atoms with E-state index in [0.29, 0.717) is 5.56 Å². The number of hydrogen-bond donors (Lipinski definition) is 1. The normalized spacial score (nSPS) is 11.4. The number of halogens is 1. The van der Waals surface area contributed by atoms with E-state index in [4.69, 9.17) is 5.73 Å². The number of unbranched alkanes of at least 4 members (excludes halogenated alkanes) is 1. The molecule has 3 nitrogen and oxygen atoms in total. The number of carbonyl (C=O) groups excluding carboxylic acids is 1. The molecule has 3 rings (SSSR count). The molecule has 0 radical (unpaired) electrons. The zero-order valence-corrected chi connectivity index (χ0v) is 14.4. The van der Waals surface area contributed by atoms with Crippen LogP contribution < -0.4 is 5.73 Å². The van der Waals surface area contributed by atoms with Crippen molar-refractivity contribution in [1.82, 2.24) is 4.57 Å². The van der Waals surface area contributed by atoms with Crippen molar-refractivity contribution in [3.63, 3.8) is 0 Å². The minimum atomic E-state index is -0.407. The smallest absolute Gasteiger partial charge is 0.249 e. The van der Waals surface area contributed by atoms with E-state index < -0.39 is 5.91 Å². The highest BCUT2D eigenvalue weighted by Gasteiger charge is 2.15. The van der Waals surface area contributed by atoms with E-state index in [9.17, 15) is 4.79 Å². The molecule has 0 aliphatic carbocycles. The molecule has 3 aromatic rings. The summed E-state index contributed by atoms with van der Waals surface area (Å²) in [6.45, 7) is 5.25. The third-order valence-corrected chi connectivity index (χ3v) is 4.77. The van der Waals surface area contributed by atoms with Crippen LogP contribution in [0.5, 0.6) is 0 Å². The lowest BCUT2D eigenvalue weighted by Gasteiger charge is -2.07. The lowest BCUT2D eigenvalue weighted by atomic mass is 10.1. The third kappa shape index (κ3) is 2.41. The Morgan fingerprint density at radius 1 is 1.18 bits per heavy atom. The molecule has 0 aliphatic heterocycles. The van der Waals surface area contributed by atoms with Crippen LogP contribution in [0.4, 0.5) is 0 Å². The molecule has 0 atom stereocenters. The highest BCUT2D eigenvalue weighted by molar-refractivity contribution is 9.10. The van der Waals surface area contributed by atoms with Gasteiger partial charge in [-0.05, 0) is 53.5 Å². The lowest BCUT2D eigenvalue weighted by molar-refractivity contribution is 0.0999. The van der Waals surface area contributed by atoms with E-state index >= 15 is 0 Å². The van der Waals surface area contributed by atoms with Crippen LogP contribution in [-0.2, 0) is 6.54 Å². The maximum Gasteiger partial charge on any atom is 0.249 e. The van der Waals surface area contributed by atoms with Gasteiger partial charge in [0.25, 0.3) is 0 Å². The molecular weight excluding hydrogens is 340 g/mol. The number of amides is 1. The van der Waals surface area contributed by atoms with Gasteiger partial charge in [0.05, 0.1) is 11.1 Å². The molecule has 22 heavy (non-hydrogen) atoms. The number of aryl methyl sites for hydroxylation is 2. The first-order chi connectivity index (χ1) is 10.5. The SMILES string of the molecule is CCCCn1c2ccc(C)cc2c2cc(C(N)=O)c(Br)cc21. The first-order valence-electron chi connectivity index (χ1n) is 7.55. The Kier molecular flexibility index (Phi) is 3.96. The van der Waals surface area contributed by atoms with Gasteiger partial charge in [0.15, 0.2) is 0 Å². The predicted molar refractivity (Wildman–Crippen MR) is 95.3 cm³/mol. The highest BCUT2D eigenvalue weighted by atomic mass is 79.9. The van der Waals surface area contributed by atoms with Gasteiger partial charge >= 0.3 is 0 Å². The molecule has 2 aromatic carbocycles. The zero-order valence-electron chi connectivity index (χ0n) is 12.8. The summed E-state index contributed by atoms with van der Waals surface area (Å²) in [5.74, 6) is -0.407. The number of carbonyl (C=O) groups is 1. The van der Waals surface area contributed by atoms with Crippen LogP contribution in [0.15, 0.2) is 34.8 Å². The fraction of sp³-hybridized carbons (Fsp3) is 0.278. The standard InChI is InChI=1S/C18H19BrN2O/c1-3-4-7-21-16-6-5-11(2)8-12(16)13-9-14(18(20)22)15(19)10-17(13)21/h5-6,8-10H,3-4,7H2,1-2H3,(H2,20,22). The van der Waals surface area contributed by atoms with Gasteiger partial charge in [-0.1, -0.05) is 25.0 Å². The van der Waals surface area contributed by atoms with E-state index in [1.54, 1.807) is 0 Å². The average molecular weight is 359 g/mol. The second kappa shape index (κ2) is 5.76. The Labute approximate surface area is 138 Å². The Morgan fingerprint density at radius 2 is 1.91 bits per heavy atom. The van der Waals surface area contributed by atoms with Crippen LogP contribution in [-0.4, -0.2) is 10.5 Å².